The number of benzene rings is 1. The summed E-state index contributed by atoms with van der Waals surface area (Å²) in [6, 6.07) is 4.05. The van der Waals surface area contributed by atoms with Gasteiger partial charge in [0.1, 0.15) is 0 Å². The molecule has 0 unspecified atom stereocenters. The zero-order valence-corrected chi connectivity index (χ0v) is 18.7. The summed E-state index contributed by atoms with van der Waals surface area (Å²) in [5.74, 6) is 1.60. The van der Waals surface area contributed by atoms with E-state index in [9.17, 15) is 5.11 Å². The molecule has 1 aliphatic carbocycles. The van der Waals surface area contributed by atoms with Gasteiger partial charge in [0.05, 0.1) is 14.2 Å². The van der Waals surface area contributed by atoms with Gasteiger partial charge < -0.3 is 25.2 Å². The molecule has 0 aliphatic heterocycles. The SMILES string of the molecule is CN=C(NCc1cc(OC)c(O)c(OC)c1)NC1CCC(C)(C)CC1.I. The molecule has 1 saturated carbocycles. The van der Waals surface area contributed by atoms with Gasteiger partial charge in [-0.15, -0.1) is 24.0 Å². The van der Waals surface area contributed by atoms with Gasteiger partial charge in [-0.3, -0.25) is 4.99 Å². The highest BCUT2D eigenvalue weighted by molar-refractivity contribution is 14.0. The van der Waals surface area contributed by atoms with Gasteiger partial charge in [0, 0.05) is 19.6 Å². The van der Waals surface area contributed by atoms with Crippen LogP contribution in [0.4, 0.5) is 0 Å². The fraction of sp³-hybridized carbons (Fsp3) is 0.632. The van der Waals surface area contributed by atoms with Crippen LogP contribution in [0.5, 0.6) is 17.2 Å². The van der Waals surface area contributed by atoms with E-state index in [0.717, 1.165) is 24.4 Å². The average Bonchev–Trinajstić information content (AvgIpc) is 2.60. The van der Waals surface area contributed by atoms with Gasteiger partial charge in [-0.05, 0) is 48.8 Å². The van der Waals surface area contributed by atoms with Gasteiger partial charge in [0.15, 0.2) is 17.5 Å². The summed E-state index contributed by atoms with van der Waals surface area (Å²) in [5.41, 5.74) is 1.40. The number of nitrogens with one attached hydrogen (secondary N) is 2. The van der Waals surface area contributed by atoms with E-state index < -0.39 is 0 Å². The number of aromatic hydroxyl groups is 1. The van der Waals surface area contributed by atoms with E-state index in [2.05, 4.69) is 29.5 Å². The predicted molar refractivity (Wildman–Crippen MR) is 116 cm³/mol. The minimum atomic E-state index is 0. The monoisotopic (exact) mass is 477 g/mol. The molecule has 7 heteroatoms. The van der Waals surface area contributed by atoms with Crippen LogP contribution in [0.3, 0.4) is 0 Å². The third-order valence-corrected chi connectivity index (χ3v) is 4.90. The molecule has 1 aromatic carbocycles. The molecule has 1 fully saturated rings. The maximum Gasteiger partial charge on any atom is 0.200 e. The molecule has 0 radical (unpaired) electrons. The molecule has 148 valence electrons. The Morgan fingerprint density at radius 2 is 1.73 bits per heavy atom. The Morgan fingerprint density at radius 3 is 2.19 bits per heavy atom. The van der Waals surface area contributed by atoms with E-state index in [4.69, 9.17) is 9.47 Å². The van der Waals surface area contributed by atoms with Crippen LogP contribution in [0, 0.1) is 5.41 Å². The molecule has 26 heavy (non-hydrogen) atoms. The average molecular weight is 477 g/mol. The second kappa shape index (κ2) is 10.1. The van der Waals surface area contributed by atoms with E-state index in [1.807, 2.05) is 0 Å². The van der Waals surface area contributed by atoms with Crippen molar-refractivity contribution in [3.63, 3.8) is 0 Å². The van der Waals surface area contributed by atoms with Crippen molar-refractivity contribution < 1.29 is 14.6 Å². The lowest BCUT2D eigenvalue weighted by Gasteiger charge is -2.35. The highest BCUT2D eigenvalue weighted by Crippen LogP contribution is 2.37. The van der Waals surface area contributed by atoms with Gasteiger partial charge in [0.2, 0.25) is 5.75 Å². The van der Waals surface area contributed by atoms with Crippen molar-refractivity contribution in [1.82, 2.24) is 10.6 Å². The van der Waals surface area contributed by atoms with E-state index in [1.165, 1.54) is 27.1 Å². The Labute approximate surface area is 173 Å². The number of guanidine groups is 1. The Kier molecular flexibility index (Phi) is 8.79. The summed E-state index contributed by atoms with van der Waals surface area (Å²) in [6.45, 7) is 5.23. The maximum absolute atomic E-state index is 9.99. The van der Waals surface area contributed by atoms with E-state index in [-0.39, 0.29) is 29.7 Å². The number of phenolic OH excluding ortho intramolecular Hbond substituents is 1. The summed E-state index contributed by atoms with van der Waals surface area (Å²) < 4.78 is 10.4. The second-order valence-electron chi connectivity index (χ2n) is 7.36. The molecular weight excluding hydrogens is 445 g/mol. The first-order valence-electron chi connectivity index (χ1n) is 8.79. The molecule has 0 atom stereocenters. The van der Waals surface area contributed by atoms with E-state index in [0.29, 0.717) is 29.5 Å². The summed E-state index contributed by atoms with van der Waals surface area (Å²) >= 11 is 0. The molecule has 2 rings (SSSR count). The van der Waals surface area contributed by atoms with Crippen LogP contribution < -0.4 is 20.1 Å². The fourth-order valence-corrected chi connectivity index (χ4v) is 3.17. The van der Waals surface area contributed by atoms with Crippen molar-refractivity contribution >= 4 is 29.9 Å². The van der Waals surface area contributed by atoms with Crippen molar-refractivity contribution in [1.29, 1.82) is 0 Å². The summed E-state index contributed by atoms with van der Waals surface area (Å²) in [4.78, 5) is 4.32. The Morgan fingerprint density at radius 1 is 1.19 bits per heavy atom. The van der Waals surface area contributed by atoms with Crippen molar-refractivity contribution in [2.45, 2.75) is 52.1 Å². The molecule has 1 aromatic rings. The van der Waals surface area contributed by atoms with Crippen LogP contribution in [0.2, 0.25) is 0 Å². The number of methoxy groups -OCH3 is 2. The molecule has 0 aromatic heterocycles. The topological polar surface area (TPSA) is 75.1 Å². The number of phenols is 1. The second-order valence-corrected chi connectivity index (χ2v) is 7.36. The number of hydrogen-bond acceptors (Lipinski definition) is 4. The van der Waals surface area contributed by atoms with Gasteiger partial charge in [-0.25, -0.2) is 0 Å². The van der Waals surface area contributed by atoms with Crippen LogP contribution in [0.25, 0.3) is 0 Å². The third-order valence-electron chi connectivity index (χ3n) is 4.90. The Hall–Kier alpha value is -1.38. The molecule has 0 heterocycles. The highest BCUT2D eigenvalue weighted by Gasteiger charge is 2.27. The Balaban J connectivity index is 0.00000338. The van der Waals surface area contributed by atoms with Crippen molar-refractivity contribution in [3.8, 4) is 17.2 Å². The number of nitrogens with zero attached hydrogens (tertiary/aromatic N) is 1. The molecule has 3 N–H and O–H groups in total. The Bertz CT molecular complexity index is 585. The smallest absolute Gasteiger partial charge is 0.200 e. The first-order valence-corrected chi connectivity index (χ1v) is 8.79. The normalized spacial score (nSPS) is 17.2. The van der Waals surface area contributed by atoms with Crippen molar-refractivity contribution in [2.24, 2.45) is 10.4 Å². The lowest BCUT2D eigenvalue weighted by Crippen LogP contribution is -2.45. The van der Waals surface area contributed by atoms with Crippen LogP contribution >= 0.6 is 24.0 Å². The minimum Gasteiger partial charge on any atom is -0.502 e. The van der Waals surface area contributed by atoms with Crippen molar-refractivity contribution in [3.05, 3.63) is 17.7 Å². The highest BCUT2D eigenvalue weighted by atomic mass is 127. The van der Waals surface area contributed by atoms with E-state index >= 15 is 0 Å². The first kappa shape index (κ1) is 22.7. The van der Waals surface area contributed by atoms with Crippen LogP contribution in [-0.4, -0.2) is 38.4 Å². The molecule has 6 nitrogen and oxygen atoms in total. The van der Waals surface area contributed by atoms with E-state index in [1.54, 1.807) is 19.2 Å². The largest absolute Gasteiger partial charge is 0.502 e. The number of ether oxygens (including phenoxy) is 2. The molecule has 0 bridgehead atoms. The zero-order chi connectivity index (χ0) is 18.4. The summed E-state index contributed by atoms with van der Waals surface area (Å²) in [6.07, 6.45) is 4.78. The molecule has 0 amide bonds. The number of hydrogen-bond donors (Lipinski definition) is 3. The third kappa shape index (κ3) is 6.10. The van der Waals surface area contributed by atoms with Gasteiger partial charge in [0.25, 0.3) is 0 Å². The van der Waals surface area contributed by atoms with Crippen LogP contribution in [0.1, 0.15) is 45.1 Å². The van der Waals surface area contributed by atoms with Crippen LogP contribution in [-0.2, 0) is 6.54 Å². The number of rotatable bonds is 5. The molecule has 0 saturated heterocycles. The standard InChI is InChI=1S/C19H31N3O3.HI/c1-19(2)8-6-14(7-9-19)22-18(20-3)21-12-13-10-15(24-4)17(23)16(11-13)25-5;/h10-11,14,23H,6-9,12H2,1-5H3,(H2,20,21,22);1H. The zero-order valence-electron chi connectivity index (χ0n) is 16.4. The maximum atomic E-state index is 9.99. The minimum absolute atomic E-state index is 0. The number of halogens is 1. The predicted octanol–water partition coefficient (Wildman–Crippen LogP) is 3.66. The molecule has 1 aliphatic rings. The van der Waals surface area contributed by atoms with Crippen LogP contribution in [0.15, 0.2) is 17.1 Å². The van der Waals surface area contributed by atoms with Gasteiger partial charge in [-0.1, -0.05) is 13.8 Å². The lowest BCUT2D eigenvalue weighted by molar-refractivity contribution is 0.216. The first-order chi connectivity index (χ1) is 11.9. The van der Waals surface area contributed by atoms with Crippen molar-refractivity contribution in [2.75, 3.05) is 21.3 Å². The quantitative estimate of drug-likeness (QED) is 0.343. The molecule has 0 spiro atoms. The fourth-order valence-electron chi connectivity index (χ4n) is 3.17. The van der Waals surface area contributed by atoms with Gasteiger partial charge in [-0.2, -0.15) is 0 Å². The summed E-state index contributed by atoms with van der Waals surface area (Å²) in [5, 5.41) is 16.8. The lowest BCUT2D eigenvalue weighted by atomic mass is 9.75. The van der Waals surface area contributed by atoms with Gasteiger partial charge >= 0.3 is 0 Å². The number of aliphatic imine (C=N–C) groups is 1. The summed E-state index contributed by atoms with van der Waals surface area (Å²) in [7, 11) is 4.83. The molecular formula is C19H32IN3O3.